The highest BCUT2D eigenvalue weighted by Gasteiger charge is 2.02. The topological polar surface area (TPSA) is 57.5 Å². The first kappa shape index (κ1) is 17.9. The summed E-state index contributed by atoms with van der Waals surface area (Å²) in [4.78, 5) is 10.5. The molecule has 0 spiro atoms. The zero-order chi connectivity index (χ0) is 16.0. The molecule has 0 bridgehead atoms. The second-order valence-corrected chi connectivity index (χ2v) is 6.45. The Hall–Kier alpha value is -1.17. The van der Waals surface area contributed by atoms with Crippen LogP contribution in [0.5, 0.6) is 0 Å². The maximum Gasteiger partial charge on any atom is 0.335 e. The average molecular weight is 416 g/mol. The maximum atomic E-state index is 10.5. The SMILES string of the molecule is Cc1cc(Br)cc(C(=O)O)c1.Cc1cc(Br)cc(CO)c1. The second-order valence-electron chi connectivity index (χ2n) is 4.62. The van der Waals surface area contributed by atoms with Gasteiger partial charge in [-0.25, -0.2) is 4.79 Å². The van der Waals surface area contributed by atoms with Crippen LogP contribution in [0.1, 0.15) is 27.0 Å². The molecule has 2 rings (SSSR count). The van der Waals surface area contributed by atoms with Gasteiger partial charge in [0.2, 0.25) is 0 Å². The molecule has 21 heavy (non-hydrogen) atoms. The fraction of sp³-hybridized carbons (Fsp3) is 0.188. The van der Waals surface area contributed by atoms with Crippen molar-refractivity contribution in [2.45, 2.75) is 20.5 Å². The summed E-state index contributed by atoms with van der Waals surface area (Å²) in [5.74, 6) is -0.894. The Morgan fingerprint density at radius 3 is 1.90 bits per heavy atom. The number of carbonyl (C=O) groups is 1. The minimum atomic E-state index is -0.894. The van der Waals surface area contributed by atoms with Crippen molar-refractivity contribution < 1.29 is 15.0 Å². The molecule has 2 aromatic rings. The van der Waals surface area contributed by atoms with Gasteiger partial charge in [-0.15, -0.1) is 0 Å². The first-order valence-corrected chi connectivity index (χ1v) is 7.78. The first-order chi connectivity index (χ1) is 9.81. The van der Waals surface area contributed by atoms with Crippen molar-refractivity contribution in [1.29, 1.82) is 0 Å². The highest BCUT2D eigenvalue weighted by Crippen LogP contribution is 2.15. The van der Waals surface area contributed by atoms with Crippen LogP contribution in [0.15, 0.2) is 45.3 Å². The van der Waals surface area contributed by atoms with Crippen molar-refractivity contribution in [2.75, 3.05) is 0 Å². The molecule has 0 aromatic heterocycles. The standard InChI is InChI=1S/C8H7BrO2.C8H9BrO/c1-5-2-6(8(10)11)4-7(9)3-5;1-6-2-7(5-10)4-8(9)3-6/h2-4H,1H3,(H,10,11);2-4,10H,5H2,1H3. The number of benzene rings is 2. The quantitative estimate of drug-likeness (QED) is 0.746. The van der Waals surface area contributed by atoms with Gasteiger partial charge in [0.1, 0.15) is 0 Å². The molecule has 0 aliphatic carbocycles. The molecule has 0 saturated carbocycles. The molecular weight excluding hydrogens is 400 g/mol. The molecule has 0 amide bonds. The largest absolute Gasteiger partial charge is 0.478 e. The number of halogens is 2. The van der Waals surface area contributed by atoms with Crippen molar-refractivity contribution in [3.05, 3.63) is 67.6 Å². The normalized spacial score (nSPS) is 9.76. The average Bonchev–Trinajstić information content (AvgIpc) is 2.37. The Bertz CT molecular complexity index is 599. The monoisotopic (exact) mass is 414 g/mol. The van der Waals surface area contributed by atoms with E-state index in [0.717, 1.165) is 20.1 Å². The van der Waals surface area contributed by atoms with E-state index in [4.69, 9.17) is 10.2 Å². The number of aryl methyl sites for hydroxylation is 2. The Morgan fingerprint density at radius 1 is 0.952 bits per heavy atom. The molecular formula is C16H16Br2O3. The summed E-state index contributed by atoms with van der Waals surface area (Å²) in [6.07, 6.45) is 0. The number of carboxylic acid groups (broad SMARTS) is 1. The van der Waals surface area contributed by atoms with E-state index in [9.17, 15) is 4.79 Å². The van der Waals surface area contributed by atoms with Crippen LogP contribution in [-0.2, 0) is 6.61 Å². The lowest BCUT2D eigenvalue weighted by atomic mass is 10.1. The maximum absolute atomic E-state index is 10.5. The molecule has 0 saturated heterocycles. The number of aromatic carboxylic acids is 1. The molecule has 0 aliphatic rings. The Labute approximate surface area is 140 Å². The van der Waals surface area contributed by atoms with Crippen LogP contribution in [0, 0.1) is 13.8 Å². The highest BCUT2D eigenvalue weighted by atomic mass is 79.9. The minimum Gasteiger partial charge on any atom is -0.478 e. The van der Waals surface area contributed by atoms with Gasteiger partial charge in [0.05, 0.1) is 12.2 Å². The summed E-state index contributed by atoms with van der Waals surface area (Å²) in [6, 6.07) is 11.0. The lowest BCUT2D eigenvalue weighted by Crippen LogP contribution is -1.96. The van der Waals surface area contributed by atoms with Gasteiger partial charge in [0, 0.05) is 8.95 Å². The van der Waals surface area contributed by atoms with Crippen LogP contribution in [0.3, 0.4) is 0 Å². The molecule has 0 radical (unpaired) electrons. The molecule has 2 aromatic carbocycles. The first-order valence-electron chi connectivity index (χ1n) is 6.19. The molecule has 0 aliphatic heterocycles. The number of rotatable bonds is 2. The summed E-state index contributed by atoms with van der Waals surface area (Å²) in [7, 11) is 0. The number of carboxylic acids is 1. The zero-order valence-electron chi connectivity index (χ0n) is 11.7. The molecule has 0 fully saturated rings. The van der Waals surface area contributed by atoms with Gasteiger partial charge in [-0.1, -0.05) is 37.9 Å². The van der Waals surface area contributed by atoms with Crippen molar-refractivity contribution in [3.8, 4) is 0 Å². The van der Waals surface area contributed by atoms with Crippen LogP contribution >= 0.6 is 31.9 Å². The van der Waals surface area contributed by atoms with Crippen molar-refractivity contribution in [3.63, 3.8) is 0 Å². The number of aliphatic hydroxyl groups excluding tert-OH is 1. The van der Waals surface area contributed by atoms with Crippen molar-refractivity contribution in [1.82, 2.24) is 0 Å². The number of hydrogen-bond donors (Lipinski definition) is 2. The predicted octanol–water partition coefficient (Wildman–Crippen LogP) is 4.71. The fourth-order valence-corrected chi connectivity index (χ4v) is 3.03. The van der Waals surface area contributed by atoms with E-state index in [1.165, 1.54) is 5.56 Å². The Kier molecular flexibility index (Phi) is 7.08. The van der Waals surface area contributed by atoms with Crippen molar-refractivity contribution >= 4 is 37.8 Å². The number of hydrogen-bond acceptors (Lipinski definition) is 2. The summed E-state index contributed by atoms with van der Waals surface area (Å²) < 4.78 is 1.83. The summed E-state index contributed by atoms with van der Waals surface area (Å²) in [5, 5.41) is 17.4. The van der Waals surface area contributed by atoms with E-state index in [1.807, 2.05) is 38.1 Å². The fourth-order valence-electron chi connectivity index (χ4n) is 1.76. The molecule has 112 valence electrons. The van der Waals surface area contributed by atoms with E-state index in [0.29, 0.717) is 5.56 Å². The van der Waals surface area contributed by atoms with Crippen LogP contribution in [0.4, 0.5) is 0 Å². The van der Waals surface area contributed by atoms with Crippen LogP contribution in [-0.4, -0.2) is 16.2 Å². The van der Waals surface area contributed by atoms with Gasteiger partial charge in [-0.2, -0.15) is 0 Å². The van der Waals surface area contributed by atoms with Gasteiger partial charge in [0.15, 0.2) is 0 Å². The predicted molar refractivity (Wildman–Crippen MR) is 90.6 cm³/mol. The third-order valence-electron chi connectivity index (χ3n) is 2.57. The van der Waals surface area contributed by atoms with Gasteiger partial charge in [0.25, 0.3) is 0 Å². The molecule has 3 nitrogen and oxygen atoms in total. The van der Waals surface area contributed by atoms with Gasteiger partial charge in [-0.05, 0) is 60.9 Å². The van der Waals surface area contributed by atoms with Crippen LogP contribution in [0.25, 0.3) is 0 Å². The number of aliphatic hydroxyl groups is 1. The van der Waals surface area contributed by atoms with Crippen molar-refractivity contribution in [2.24, 2.45) is 0 Å². The summed E-state index contributed by atoms with van der Waals surface area (Å²) in [6.45, 7) is 3.97. The van der Waals surface area contributed by atoms with E-state index >= 15 is 0 Å². The lowest BCUT2D eigenvalue weighted by molar-refractivity contribution is 0.0696. The lowest BCUT2D eigenvalue weighted by Gasteiger charge is -1.98. The van der Waals surface area contributed by atoms with E-state index in [1.54, 1.807) is 12.1 Å². The Morgan fingerprint density at radius 2 is 1.48 bits per heavy atom. The van der Waals surface area contributed by atoms with E-state index < -0.39 is 5.97 Å². The molecule has 0 atom stereocenters. The molecule has 2 N–H and O–H groups in total. The zero-order valence-corrected chi connectivity index (χ0v) is 14.9. The third kappa shape index (κ3) is 6.42. The molecule has 0 heterocycles. The summed E-state index contributed by atoms with van der Waals surface area (Å²) >= 11 is 6.56. The minimum absolute atomic E-state index is 0.111. The van der Waals surface area contributed by atoms with Crippen LogP contribution < -0.4 is 0 Å². The Balaban J connectivity index is 0.000000211. The highest BCUT2D eigenvalue weighted by molar-refractivity contribution is 9.10. The molecule has 0 unspecified atom stereocenters. The summed E-state index contributed by atoms with van der Waals surface area (Å²) in [5.41, 5.74) is 3.37. The second kappa shape index (κ2) is 8.32. The van der Waals surface area contributed by atoms with Gasteiger partial charge < -0.3 is 10.2 Å². The smallest absolute Gasteiger partial charge is 0.335 e. The molecule has 5 heteroatoms. The third-order valence-corrected chi connectivity index (χ3v) is 3.49. The van der Waals surface area contributed by atoms with Gasteiger partial charge in [-0.3, -0.25) is 0 Å². The van der Waals surface area contributed by atoms with E-state index in [-0.39, 0.29) is 6.61 Å². The van der Waals surface area contributed by atoms with Crippen LogP contribution in [0.2, 0.25) is 0 Å². The van der Waals surface area contributed by atoms with E-state index in [2.05, 4.69) is 31.9 Å². The van der Waals surface area contributed by atoms with Gasteiger partial charge >= 0.3 is 5.97 Å².